The Labute approximate surface area is 122 Å². The largest absolute Gasteiger partial charge is 0.497 e. The summed E-state index contributed by atoms with van der Waals surface area (Å²) in [5.41, 5.74) is 2.51. The molecule has 0 fully saturated rings. The molecule has 21 heavy (non-hydrogen) atoms. The number of halogens is 1. The highest BCUT2D eigenvalue weighted by Gasteiger charge is 2.22. The Morgan fingerprint density at radius 2 is 1.95 bits per heavy atom. The lowest BCUT2D eigenvalue weighted by Gasteiger charge is -2.16. The number of aliphatic imine (C=N–C) groups is 1. The Bertz CT molecular complexity index is 720. The number of nitrogens with zero attached hydrogens (tertiary/aromatic N) is 1. The van der Waals surface area contributed by atoms with Crippen molar-refractivity contribution in [2.75, 3.05) is 13.7 Å². The van der Waals surface area contributed by atoms with E-state index in [9.17, 15) is 9.18 Å². The molecule has 1 aliphatic heterocycles. The second kappa shape index (κ2) is 5.48. The number of hydrogen-bond donors (Lipinski definition) is 0. The van der Waals surface area contributed by atoms with Gasteiger partial charge in [0.2, 0.25) is 5.78 Å². The molecule has 1 aliphatic rings. The van der Waals surface area contributed by atoms with Crippen molar-refractivity contribution >= 4 is 11.5 Å². The first-order valence-corrected chi connectivity index (χ1v) is 6.71. The van der Waals surface area contributed by atoms with Crippen molar-refractivity contribution < 1.29 is 13.9 Å². The Morgan fingerprint density at radius 3 is 2.67 bits per heavy atom. The van der Waals surface area contributed by atoms with Gasteiger partial charge in [0.1, 0.15) is 17.3 Å². The number of ether oxygens (including phenoxy) is 1. The Kier molecular flexibility index (Phi) is 3.52. The molecule has 3 nitrogen and oxygen atoms in total. The second-order valence-corrected chi connectivity index (χ2v) is 4.84. The minimum atomic E-state index is -0.285. The molecule has 0 unspecified atom stereocenters. The van der Waals surface area contributed by atoms with Gasteiger partial charge in [-0.3, -0.25) is 9.79 Å². The summed E-state index contributed by atoms with van der Waals surface area (Å²) >= 11 is 0. The van der Waals surface area contributed by atoms with Crippen molar-refractivity contribution in [2.45, 2.75) is 6.42 Å². The quantitative estimate of drug-likeness (QED) is 0.812. The van der Waals surface area contributed by atoms with Crippen LogP contribution in [0.15, 0.2) is 47.5 Å². The van der Waals surface area contributed by atoms with Crippen LogP contribution in [0.4, 0.5) is 4.39 Å². The van der Waals surface area contributed by atoms with Crippen LogP contribution in [-0.4, -0.2) is 25.1 Å². The van der Waals surface area contributed by atoms with Gasteiger partial charge in [0.25, 0.3) is 0 Å². The summed E-state index contributed by atoms with van der Waals surface area (Å²) in [4.78, 5) is 16.9. The number of rotatable bonds is 3. The van der Waals surface area contributed by atoms with Crippen LogP contribution in [0.5, 0.6) is 5.75 Å². The van der Waals surface area contributed by atoms with Crippen molar-refractivity contribution in [2.24, 2.45) is 4.99 Å². The molecule has 1 heterocycles. The van der Waals surface area contributed by atoms with Crippen molar-refractivity contribution in [3.05, 3.63) is 65.0 Å². The summed E-state index contributed by atoms with van der Waals surface area (Å²) < 4.78 is 18.4. The van der Waals surface area contributed by atoms with Gasteiger partial charge in [-0.15, -0.1) is 0 Å². The first kappa shape index (κ1) is 13.5. The van der Waals surface area contributed by atoms with Gasteiger partial charge in [-0.2, -0.15) is 0 Å². The van der Waals surface area contributed by atoms with E-state index in [-0.39, 0.29) is 11.6 Å². The highest BCUT2D eigenvalue weighted by atomic mass is 19.1. The summed E-state index contributed by atoms with van der Waals surface area (Å²) in [6.45, 7) is 0.508. The van der Waals surface area contributed by atoms with E-state index in [4.69, 9.17) is 4.74 Å². The molecule has 0 saturated carbocycles. The molecule has 0 aromatic heterocycles. The molecule has 0 aliphatic carbocycles. The third-order valence-electron chi connectivity index (χ3n) is 3.54. The number of hydrogen-bond acceptors (Lipinski definition) is 3. The summed E-state index contributed by atoms with van der Waals surface area (Å²) in [7, 11) is 1.58. The van der Waals surface area contributed by atoms with Crippen LogP contribution in [-0.2, 0) is 6.42 Å². The molecule has 0 radical (unpaired) electrons. The molecule has 2 aromatic carbocycles. The normalized spacial score (nSPS) is 13.3. The number of fused-ring (bicyclic) bond motifs is 1. The predicted molar refractivity (Wildman–Crippen MR) is 78.8 cm³/mol. The highest BCUT2D eigenvalue weighted by molar-refractivity contribution is 6.51. The van der Waals surface area contributed by atoms with E-state index in [2.05, 4.69) is 4.99 Å². The number of benzene rings is 2. The van der Waals surface area contributed by atoms with Crippen molar-refractivity contribution in [3.8, 4) is 5.75 Å². The Balaban J connectivity index is 1.96. The fourth-order valence-corrected chi connectivity index (χ4v) is 2.45. The zero-order valence-corrected chi connectivity index (χ0v) is 11.6. The fraction of sp³-hybridized carbons (Fsp3) is 0.176. The van der Waals surface area contributed by atoms with Crippen LogP contribution < -0.4 is 4.74 Å². The maximum atomic E-state index is 13.3. The van der Waals surface area contributed by atoms with Crippen LogP contribution in [0, 0.1) is 5.82 Å². The molecular formula is C17H14FNO2. The third kappa shape index (κ3) is 2.57. The molecule has 3 rings (SSSR count). The average Bonchev–Trinajstić information content (AvgIpc) is 2.53. The lowest BCUT2D eigenvalue weighted by Crippen LogP contribution is -2.22. The molecule has 0 saturated heterocycles. The minimum Gasteiger partial charge on any atom is -0.497 e. The van der Waals surface area contributed by atoms with Gasteiger partial charge in [0.15, 0.2) is 0 Å². The maximum absolute atomic E-state index is 13.3. The van der Waals surface area contributed by atoms with Crippen LogP contribution >= 0.6 is 0 Å². The number of ketones is 1. The number of carbonyl (C=O) groups is 1. The standard InChI is InChI=1S/C17H14FNO2/c1-21-14-5-2-11(3-6-14)17(20)16-15-7-4-13(18)10-12(15)8-9-19-16/h2-7,10H,8-9H2,1H3. The van der Waals surface area contributed by atoms with Gasteiger partial charge >= 0.3 is 0 Å². The Morgan fingerprint density at radius 1 is 1.19 bits per heavy atom. The molecular weight excluding hydrogens is 269 g/mol. The molecule has 0 atom stereocenters. The lowest BCUT2D eigenvalue weighted by atomic mass is 9.93. The number of methoxy groups -OCH3 is 1. The first-order valence-electron chi connectivity index (χ1n) is 6.71. The molecule has 106 valence electrons. The monoisotopic (exact) mass is 283 g/mol. The summed E-state index contributed by atoms with van der Waals surface area (Å²) in [6.07, 6.45) is 0.659. The van der Waals surface area contributed by atoms with Gasteiger partial charge in [-0.05, 0) is 54.4 Å². The van der Waals surface area contributed by atoms with Crippen molar-refractivity contribution in [1.82, 2.24) is 0 Å². The zero-order chi connectivity index (χ0) is 14.8. The molecule has 4 heteroatoms. The molecule has 2 aromatic rings. The van der Waals surface area contributed by atoms with E-state index in [0.29, 0.717) is 30.0 Å². The SMILES string of the molecule is COc1ccc(C(=O)C2=NCCc3cc(F)ccc32)cc1. The smallest absolute Gasteiger partial charge is 0.211 e. The van der Waals surface area contributed by atoms with E-state index >= 15 is 0 Å². The first-order chi connectivity index (χ1) is 10.2. The number of Topliss-reactive ketones (excluding diaryl/α,β-unsaturated/α-hetero) is 1. The van der Waals surface area contributed by atoms with Crippen molar-refractivity contribution in [1.29, 1.82) is 0 Å². The van der Waals surface area contributed by atoms with E-state index in [1.807, 2.05) is 0 Å². The van der Waals surface area contributed by atoms with Crippen molar-refractivity contribution in [3.63, 3.8) is 0 Å². The third-order valence-corrected chi connectivity index (χ3v) is 3.54. The van der Waals surface area contributed by atoms with E-state index in [0.717, 1.165) is 11.1 Å². The van der Waals surface area contributed by atoms with Gasteiger partial charge in [0, 0.05) is 17.7 Å². The Hall–Kier alpha value is -2.49. The maximum Gasteiger partial charge on any atom is 0.211 e. The van der Waals surface area contributed by atoms with Gasteiger partial charge in [0.05, 0.1) is 7.11 Å². The van der Waals surface area contributed by atoms with E-state index < -0.39 is 0 Å². The van der Waals surface area contributed by atoms with Crippen LogP contribution in [0.25, 0.3) is 0 Å². The molecule has 0 N–H and O–H groups in total. The molecule has 0 amide bonds. The second-order valence-electron chi connectivity index (χ2n) is 4.84. The number of carbonyl (C=O) groups excluding carboxylic acids is 1. The average molecular weight is 283 g/mol. The van der Waals surface area contributed by atoms with Crippen LogP contribution in [0.2, 0.25) is 0 Å². The predicted octanol–water partition coefficient (Wildman–Crippen LogP) is 3.06. The minimum absolute atomic E-state index is 0.148. The topological polar surface area (TPSA) is 38.7 Å². The summed E-state index contributed by atoms with van der Waals surface area (Å²) in [5, 5.41) is 0. The lowest BCUT2D eigenvalue weighted by molar-refractivity contribution is 0.106. The van der Waals surface area contributed by atoms with Gasteiger partial charge in [-0.1, -0.05) is 0 Å². The van der Waals surface area contributed by atoms with Gasteiger partial charge in [-0.25, -0.2) is 4.39 Å². The van der Waals surface area contributed by atoms with Crippen LogP contribution in [0.3, 0.4) is 0 Å². The van der Waals surface area contributed by atoms with Gasteiger partial charge < -0.3 is 4.74 Å². The summed E-state index contributed by atoms with van der Waals surface area (Å²) in [5.74, 6) is 0.261. The van der Waals surface area contributed by atoms with E-state index in [1.165, 1.54) is 12.1 Å². The fourth-order valence-electron chi connectivity index (χ4n) is 2.45. The van der Waals surface area contributed by atoms with E-state index in [1.54, 1.807) is 37.4 Å². The summed E-state index contributed by atoms with van der Waals surface area (Å²) in [6, 6.07) is 11.4. The zero-order valence-electron chi connectivity index (χ0n) is 11.6. The molecule has 0 bridgehead atoms. The highest BCUT2D eigenvalue weighted by Crippen LogP contribution is 2.21. The molecule has 0 spiro atoms. The van der Waals surface area contributed by atoms with Crippen LogP contribution in [0.1, 0.15) is 21.5 Å².